The van der Waals surface area contributed by atoms with Gasteiger partial charge in [-0.05, 0) is 18.8 Å². The fourth-order valence-electron chi connectivity index (χ4n) is 0.542. The van der Waals surface area contributed by atoms with Crippen molar-refractivity contribution in [2.75, 3.05) is 0 Å². The van der Waals surface area contributed by atoms with Crippen molar-refractivity contribution in [2.45, 2.75) is 47.5 Å². The molecule has 74 valence electrons. The highest BCUT2D eigenvalue weighted by Gasteiger charge is 1.84. The summed E-state index contributed by atoms with van der Waals surface area (Å²) >= 11 is 0. The molecule has 0 rings (SSSR count). The van der Waals surface area contributed by atoms with Gasteiger partial charge in [-0.15, -0.1) is 24.2 Å². The molecule has 0 aromatic carbocycles. The van der Waals surface area contributed by atoms with Crippen molar-refractivity contribution in [3.63, 3.8) is 0 Å². The predicted molar refractivity (Wildman–Crippen MR) is 61.2 cm³/mol. The maximum absolute atomic E-state index is 4.98. The van der Waals surface area contributed by atoms with E-state index in [2.05, 4.69) is 45.5 Å². The van der Waals surface area contributed by atoms with Crippen LogP contribution in [0, 0.1) is 36.0 Å². The first-order valence-electron chi connectivity index (χ1n) is 4.87. The number of rotatable bonds is 2. The number of hydrogen-bond donors (Lipinski definition) is 0. The van der Waals surface area contributed by atoms with E-state index in [0.29, 0.717) is 5.92 Å². The summed E-state index contributed by atoms with van der Waals surface area (Å²) in [6.07, 6.45) is 6.92. The Morgan fingerprint density at radius 1 is 1.00 bits per heavy atom. The standard InChI is InChI=1S/C7H12.C6H10/c1-4-5-6-7(2)3;1-4-5-6(2)3/h7H,6H2,1-3H3;1,6H,5H2,2-3H3. The minimum Gasteiger partial charge on any atom is -0.120 e. The second kappa shape index (κ2) is 11.1. The third-order valence-corrected chi connectivity index (χ3v) is 1.21. The molecule has 0 heterocycles. The molecule has 13 heavy (non-hydrogen) atoms. The second-order valence-corrected chi connectivity index (χ2v) is 3.83. The minimum absolute atomic E-state index is 0.662. The predicted octanol–water partition coefficient (Wildman–Crippen LogP) is 3.72. The Balaban J connectivity index is 0. The van der Waals surface area contributed by atoms with Crippen molar-refractivity contribution in [3.8, 4) is 24.2 Å². The van der Waals surface area contributed by atoms with Crippen molar-refractivity contribution in [2.24, 2.45) is 11.8 Å². The van der Waals surface area contributed by atoms with Crippen molar-refractivity contribution in [1.82, 2.24) is 0 Å². The molecular weight excluding hydrogens is 156 g/mol. The Hall–Kier alpha value is -0.880. The molecule has 0 unspecified atom stereocenters. The average Bonchev–Trinajstić information content (AvgIpc) is 2.01. The summed E-state index contributed by atoms with van der Waals surface area (Å²) in [5.74, 6) is 9.80. The van der Waals surface area contributed by atoms with Crippen LogP contribution in [-0.4, -0.2) is 0 Å². The van der Waals surface area contributed by atoms with Gasteiger partial charge in [0.15, 0.2) is 0 Å². The molecule has 0 nitrogen and oxygen atoms in total. The van der Waals surface area contributed by atoms with Crippen molar-refractivity contribution in [3.05, 3.63) is 0 Å². The van der Waals surface area contributed by atoms with E-state index in [1.165, 1.54) is 0 Å². The molecule has 0 fully saturated rings. The molecule has 0 aliphatic carbocycles. The van der Waals surface area contributed by atoms with Crippen LogP contribution in [0.5, 0.6) is 0 Å². The zero-order valence-electron chi connectivity index (χ0n) is 9.65. The fraction of sp³-hybridized carbons (Fsp3) is 0.692. The van der Waals surface area contributed by atoms with Crippen LogP contribution >= 0.6 is 0 Å². The molecule has 0 spiro atoms. The van der Waals surface area contributed by atoms with Crippen LogP contribution in [0.25, 0.3) is 0 Å². The minimum atomic E-state index is 0.662. The van der Waals surface area contributed by atoms with E-state index in [9.17, 15) is 0 Å². The lowest BCUT2D eigenvalue weighted by Gasteiger charge is -1.91. The molecule has 0 bridgehead atoms. The maximum Gasteiger partial charge on any atom is 0.0112 e. The third-order valence-electron chi connectivity index (χ3n) is 1.21. The van der Waals surface area contributed by atoms with E-state index in [1.54, 1.807) is 0 Å². The smallest absolute Gasteiger partial charge is 0.0112 e. The normalized spacial score (nSPS) is 8.15. The van der Waals surface area contributed by atoms with Crippen molar-refractivity contribution in [1.29, 1.82) is 0 Å². The fourth-order valence-corrected chi connectivity index (χ4v) is 0.542. The lowest BCUT2D eigenvalue weighted by atomic mass is 10.1. The molecule has 0 heteroatoms. The van der Waals surface area contributed by atoms with Crippen LogP contribution in [0.2, 0.25) is 0 Å². The summed E-state index contributed by atoms with van der Waals surface area (Å²) < 4.78 is 0. The van der Waals surface area contributed by atoms with Gasteiger partial charge in [-0.3, -0.25) is 0 Å². The lowest BCUT2D eigenvalue weighted by Crippen LogP contribution is -1.80. The van der Waals surface area contributed by atoms with Crippen molar-refractivity contribution < 1.29 is 0 Å². The molecule has 0 amide bonds. The second-order valence-electron chi connectivity index (χ2n) is 3.83. The van der Waals surface area contributed by atoms with Crippen LogP contribution < -0.4 is 0 Å². The van der Waals surface area contributed by atoms with E-state index in [4.69, 9.17) is 6.42 Å². The topological polar surface area (TPSA) is 0 Å². The van der Waals surface area contributed by atoms with E-state index in [1.807, 2.05) is 6.92 Å². The van der Waals surface area contributed by atoms with Gasteiger partial charge < -0.3 is 0 Å². The molecule has 0 aromatic heterocycles. The first-order valence-corrected chi connectivity index (χ1v) is 4.87. The summed E-state index contributed by atoms with van der Waals surface area (Å²) in [4.78, 5) is 0. The van der Waals surface area contributed by atoms with Gasteiger partial charge in [0, 0.05) is 12.8 Å². The van der Waals surface area contributed by atoms with Gasteiger partial charge in [-0.1, -0.05) is 27.7 Å². The molecular formula is C13H22. The average molecular weight is 178 g/mol. The largest absolute Gasteiger partial charge is 0.120 e. The van der Waals surface area contributed by atoms with Crippen LogP contribution in [0.1, 0.15) is 47.5 Å². The quantitative estimate of drug-likeness (QED) is 0.565. The molecule has 0 N–H and O–H groups in total. The van der Waals surface area contributed by atoms with Gasteiger partial charge in [0.25, 0.3) is 0 Å². The van der Waals surface area contributed by atoms with Gasteiger partial charge >= 0.3 is 0 Å². The van der Waals surface area contributed by atoms with Crippen molar-refractivity contribution >= 4 is 0 Å². The maximum atomic E-state index is 4.98. The number of terminal acetylenes is 1. The Morgan fingerprint density at radius 2 is 1.46 bits per heavy atom. The Labute approximate surface area is 84.1 Å². The van der Waals surface area contributed by atoms with Gasteiger partial charge in [0.2, 0.25) is 0 Å². The molecule has 0 aromatic rings. The number of hydrogen-bond acceptors (Lipinski definition) is 0. The summed E-state index contributed by atoms with van der Waals surface area (Å²) in [7, 11) is 0. The van der Waals surface area contributed by atoms with Gasteiger partial charge in [0.1, 0.15) is 0 Å². The lowest BCUT2D eigenvalue weighted by molar-refractivity contribution is 0.675. The first kappa shape index (κ1) is 14.6. The summed E-state index contributed by atoms with van der Waals surface area (Å²) in [5, 5.41) is 0. The van der Waals surface area contributed by atoms with Gasteiger partial charge in [-0.25, -0.2) is 0 Å². The monoisotopic (exact) mass is 178 g/mol. The van der Waals surface area contributed by atoms with E-state index in [-0.39, 0.29) is 0 Å². The van der Waals surface area contributed by atoms with E-state index >= 15 is 0 Å². The zero-order chi connectivity index (χ0) is 10.7. The van der Waals surface area contributed by atoms with E-state index < -0.39 is 0 Å². The Bertz CT molecular complexity index is 180. The highest BCUT2D eigenvalue weighted by molar-refractivity contribution is 4.95. The highest BCUT2D eigenvalue weighted by atomic mass is 13.9. The molecule has 0 radical (unpaired) electrons. The molecule has 0 saturated carbocycles. The van der Waals surface area contributed by atoms with Crippen LogP contribution in [0.15, 0.2) is 0 Å². The van der Waals surface area contributed by atoms with Crippen LogP contribution in [0.4, 0.5) is 0 Å². The zero-order valence-corrected chi connectivity index (χ0v) is 9.65. The molecule has 0 aliphatic heterocycles. The first-order chi connectivity index (χ1) is 6.04. The molecule has 0 atom stereocenters. The Kier molecular flexibility index (Phi) is 12.5. The highest BCUT2D eigenvalue weighted by Crippen LogP contribution is 1.95. The summed E-state index contributed by atoms with van der Waals surface area (Å²) in [5.41, 5.74) is 0. The third kappa shape index (κ3) is 24.7. The van der Waals surface area contributed by atoms with Crippen LogP contribution in [-0.2, 0) is 0 Å². The molecule has 0 saturated heterocycles. The molecule has 0 aliphatic rings. The Morgan fingerprint density at radius 3 is 1.54 bits per heavy atom. The van der Waals surface area contributed by atoms with Crippen LogP contribution in [0.3, 0.4) is 0 Å². The summed E-state index contributed by atoms with van der Waals surface area (Å²) in [6.45, 7) is 10.4. The SMILES string of the molecule is C#CCC(C)C.CC#CCC(C)C. The summed E-state index contributed by atoms with van der Waals surface area (Å²) in [6, 6.07) is 0. The van der Waals surface area contributed by atoms with Gasteiger partial charge in [0.05, 0.1) is 0 Å². The van der Waals surface area contributed by atoms with Gasteiger partial charge in [-0.2, -0.15) is 0 Å². The van der Waals surface area contributed by atoms with E-state index in [0.717, 1.165) is 18.8 Å².